The lowest BCUT2D eigenvalue weighted by Crippen LogP contribution is -2.14. The second-order valence-electron chi connectivity index (χ2n) is 5.90. The molecule has 4 nitrogen and oxygen atoms in total. The van der Waals surface area contributed by atoms with Gasteiger partial charge in [-0.05, 0) is 48.9 Å². The number of aryl methyl sites for hydroxylation is 1. The molecule has 0 unspecified atom stereocenters. The van der Waals surface area contributed by atoms with Crippen molar-refractivity contribution in [3.63, 3.8) is 0 Å². The minimum absolute atomic E-state index is 0.00610. The molecule has 0 saturated heterocycles. The van der Waals surface area contributed by atoms with Crippen molar-refractivity contribution < 1.29 is 4.79 Å². The van der Waals surface area contributed by atoms with Crippen LogP contribution in [0.5, 0.6) is 0 Å². The molecule has 1 N–H and O–H groups in total. The summed E-state index contributed by atoms with van der Waals surface area (Å²) in [4.78, 5) is 21.1. The number of thiazole rings is 1. The summed E-state index contributed by atoms with van der Waals surface area (Å²) < 4.78 is 2.21. The number of nitrogens with one attached hydrogen (secondary N) is 1. The van der Waals surface area contributed by atoms with Crippen molar-refractivity contribution in [3.8, 4) is 10.6 Å². The van der Waals surface area contributed by atoms with Crippen LogP contribution in [0.4, 0.5) is 5.69 Å². The first-order valence-corrected chi connectivity index (χ1v) is 11.0. The van der Waals surface area contributed by atoms with E-state index in [1.807, 2.05) is 24.3 Å². The lowest BCUT2D eigenvalue weighted by molar-refractivity contribution is -0.113. The predicted molar refractivity (Wildman–Crippen MR) is 116 cm³/mol. The Morgan fingerprint density at radius 2 is 2.08 bits per heavy atom. The van der Waals surface area contributed by atoms with Gasteiger partial charge in [-0.25, -0.2) is 4.98 Å². The highest BCUT2D eigenvalue weighted by Crippen LogP contribution is 2.31. The molecule has 2 heterocycles. The van der Waals surface area contributed by atoms with E-state index in [4.69, 9.17) is 4.98 Å². The number of hydrogen-bond acceptors (Lipinski definition) is 6. The van der Waals surface area contributed by atoms with E-state index in [2.05, 4.69) is 35.4 Å². The van der Waals surface area contributed by atoms with E-state index in [-0.39, 0.29) is 5.91 Å². The van der Waals surface area contributed by atoms with E-state index >= 15 is 0 Å². The lowest BCUT2D eigenvalue weighted by atomic mass is 10.2. The molecule has 7 heteroatoms. The number of hydrogen-bond donors (Lipinski definition) is 1. The topological polar surface area (TPSA) is 54.4 Å². The summed E-state index contributed by atoms with van der Waals surface area (Å²) in [6.45, 7) is 2.95. The van der Waals surface area contributed by atoms with Gasteiger partial charge in [0.25, 0.3) is 0 Å². The summed E-state index contributed by atoms with van der Waals surface area (Å²) in [5, 5.41) is 3.93. The number of fused-ring (bicyclic) bond motifs is 1. The molecule has 0 saturated carbocycles. The van der Waals surface area contributed by atoms with E-state index < -0.39 is 0 Å². The van der Waals surface area contributed by atoms with E-state index in [9.17, 15) is 4.79 Å². The van der Waals surface area contributed by atoms with Gasteiger partial charge in [0.1, 0.15) is 9.38 Å². The van der Waals surface area contributed by atoms with Crippen LogP contribution in [-0.2, 0) is 4.79 Å². The fraction of sp³-hybridized carbons (Fsp3) is 0.211. The molecule has 0 atom stereocenters. The van der Waals surface area contributed by atoms with Gasteiger partial charge in [-0.15, -0.1) is 11.3 Å². The molecule has 132 valence electrons. The summed E-state index contributed by atoms with van der Waals surface area (Å²) in [7, 11) is 0. The highest BCUT2D eigenvalue weighted by molar-refractivity contribution is 8.39. The van der Waals surface area contributed by atoms with Crippen molar-refractivity contribution in [3.05, 3.63) is 48.0 Å². The van der Waals surface area contributed by atoms with Crippen molar-refractivity contribution in [2.75, 3.05) is 23.4 Å². The zero-order chi connectivity index (χ0) is 17.9. The zero-order valence-corrected chi connectivity index (χ0v) is 16.6. The third-order valence-electron chi connectivity index (χ3n) is 3.84. The number of carbonyl (C=O) groups excluding carboxylic acids is 1. The Morgan fingerprint density at radius 1 is 1.23 bits per heavy atom. The average Bonchev–Trinajstić information content (AvgIpc) is 3.29. The van der Waals surface area contributed by atoms with Gasteiger partial charge < -0.3 is 5.32 Å². The minimum Gasteiger partial charge on any atom is -0.325 e. The van der Waals surface area contributed by atoms with Crippen LogP contribution in [0.25, 0.3) is 20.8 Å². The van der Waals surface area contributed by atoms with Crippen LogP contribution in [0.15, 0.2) is 47.5 Å². The van der Waals surface area contributed by atoms with Gasteiger partial charge in [0.05, 0.1) is 22.5 Å². The molecule has 2 aromatic carbocycles. The first-order valence-electron chi connectivity index (χ1n) is 8.25. The molecular weight excluding hydrogens is 382 g/mol. The maximum Gasteiger partial charge on any atom is 0.234 e. The fourth-order valence-corrected chi connectivity index (χ4v) is 5.46. The van der Waals surface area contributed by atoms with Crippen molar-refractivity contribution in [2.45, 2.75) is 6.92 Å². The molecule has 4 rings (SSSR count). The number of aromatic nitrogens is 1. The highest BCUT2D eigenvalue weighted by Gasteiger charge is 2.11. The second kappa shape index (κ2) is 7.82. The molecule has 0 fully saturated rings. The lowest BCUT2D eigenvalue weighted by Gasteiger charge is -2.05. The summed E-state index contributed by atoms with van der Waals surface area (Å²) in [6.07, 6.45) is 0. The molecule has 0 bridgehead atoms. The van der Waals surface area contributed by atoms with E-state index in [0.29, 0.717) is 5.75 Å². The summed E-state index contributed by atoms with van der Waals surface area (Å²) in [5.41, 5.74) is 4.13. The second-order valence-corrected chi connectivity index (χ2v) is 9.24. The third kappa shape index (κ3) is 4.11. The highest BCUT2D eigenvalue weighted by atomic mass is 32.2. The molecule has 0 spiro atoms. The Hall–Kier alpha value is -1.83. The van der Waals surface area contributed by atoms with Crippen LogP contribution in [0, 0.1) is 6.92 Å². The normalized spacial score (nSPS) is 13.8. The van der Waals surface area contributed by atoms with Crippen molar-refractivity contribution in [1.29, 1.82) is 0 Å². The van der Waals surface area contributed by atoms with E-state index in [0.717, 1.165) is 38.4 Å². The van der Waals surface area contributed by atoms with E-state index in [1.165, 1.54) is 22.0 Å². The Kier molecular flexibility index (Phi) is 5.28. The number of thioether (sulfide) groups is 2. The first kappa shape index (κ1) is 17.6. The number of benzene rings is 2. The van der Waals surface area contributed by atoms with Crippen LogP contribution in [0.2, 0.25) is 0 Å². The number of rotatable bonds is 4. The van der Waals surface area contributed by atoms with Crippen molar-refractivity contribution in [2.24, 2.45) is 4.99 Å². The maximum atomic E-state index is 12.1. The summed E-state index contributed by atoms with van der Waals surface area (Å²) in [6, 6.07) is 14.2. The van der Waals surface area contributed by atoms with Crippen LogP contribution in [0.1, 0.15) is 5.56 Å². The molecule has 1 aromatic heterocycles. The molecule has 0 aliphatic carbocycles. The van der Waals surface area contributed by atoms with Gasteiger partial charge in [-0.1, -0.05) is 29.6 Å². The first-order chi connectivity index (χ1) is 12.7. The number of nitrogens with zero attached hydrogens (tertiary/aromatic N) is 2. The standard InChI is InChI=1S/C19H17N3OS3/c1-12-2-7-15-16(10-12)26-18(22-15)13-3-5-14(6-4-13)21-17(23)11-25-19-20-8-9-24-19/h2-7,10H,8-9,11H2,1H3,(H,21,23). The number of aliphatic imine (C=N–C) groups is 1. The van der Waals surface area contributed by atoms with Crippen LogP contribution >= 0.6 is 34.9 Å². The van der Waals surface area contributed by atoms with Gasteiger partial charge in [0.15, 0.2) is 0 Å². The average molecular weight is 400 g/mol. The molecule has 26 heavy (non-hydrogen) atoms. The molecule has 3 aromatic rings. The number of anilines is 1. The number of carbonyl (C=O) groups is 1. The van der Waals surface area contributed by atoms with Crippen LogP contribution < -0.4 is 5.32 Å². The van der Waals surface area contributed by atoms with Gasteiger partial charge in [-0.3, -0.25) is 9.79 Å². The Balaban J connectivity index is 1.41. The van der Waals surface area contributed by atoms with E-state index in [1.54, 1.807) is 23.1 Å². The van der Waals surface area contributed by atoms with Gasteiger partial charge >= 0.3 is 0 Å². The quantitative estimate of drug-likeness (QED) is 0.667. The predicted octanol–water partition coefficient (Wildman–Crippen LogP) is 5.05. The largest absolute Gasteiger partial charge is 0.325 e. The van der Waals surface area contributed by atoms with Gasteiger partial charge in [-0.2, -0.15) is 0 Å². The Labute approximate surface area is 164 Å². The van der Waals surface area contributed by atoms with Gasteiger partial charge in [0.2, 0.25) is 5.91 Å². The van der Waals surface area contributed by atoms with Crippen LogP contribution in [0.3, 0.4) is 0 Å². The minimum atomic E-state index is -0.00610. The molecule has 1 aliphatic rings. The Bertz CT molecular complexity index is 979. The van der Waals surface area contributed by atoms with Crippen molar-refractivity contribution >= 4 is 61.0 Å². The molecule has 1 aliphatic heterocycles. The third-order valence-corrected chi connectivity index (χ3v) is 7.16. The Morgan fingerprint density at radius 3 is 2.85 bits per heavy atom. The molecule has 1 amide bonds. The van der Waals surface area contributed by atoms with Crippen molar-refractivity contribution in [1.82, 2.24) is 4.98 Å². The SMILES string of the molecule is Cc1ccc2nc(-c3ccc(NC(=O)CSC4=NCCS4)cc3)sc2c1. The molecular formula is C19H17N3OS3. The summed E-state index contributed by atoms with van der Waals surface area (Å²) in [5.74, 6) is 1.41. The maximum absolute atomic E-state index is 12.1. The number of amides is 1. The summed E-state index contributed by atoms with van der Waals surface area (Å²) >= 11 is 4.92. The zero-order valence-electron chi connectivity index (χ0n) is 14.2. The van der Waals surface area contributed by atoms with Crippen LogP contribution in [-0.4, -0.2) is 33.3 Å². The fourth-order valence-electron chi connectivity index (χ4n) is 2.58. The monoisotopic (exact) mass is 399 g/mol. The van der Waals surface area contributed by atoms with Gasteiger partial charge in [0, 0.05) is 17.0 Å². The molecule has 0 radical (unpaired) electrons. The smallest absolute Gasteiger partial charge is 0.234 e.